The van der Waals surface area contributed by atoms with Crippen molar-refractivity contribution in [1.29, 1.82) is 0 Å². The monoisotopic (exact) mass is 294 g/mol. The Kier molecular flexibility index (Phi) is 5.63. The topological polar surface area (TPSA) is 17.1 Å². The number of ketones is 1. The van der Waals surface area contributed by atoms with E-state index in [-0.39, 0.29) is 11.7 Å². The molecular formula is C15H19BrO. The number of carbonyl (C=O) groups excluding carboxylic acids is 1. The van der Waals surface area contributed by atoms with Crippen LogP contribution in [0.5, 0.6) is 0 Å². The fourth-order valence-corrected chi connectivity index (χ4v) is 2.16. The number of Topliss-reactive ketones (excluding diaryl/α,β-unsaturated/α-hetero) is 1. The number of allylic oxidation sites excluding steroid dienone is 1. The zero-order valence-electron chi connectivity index (χ0n) is 10.5. The van der Waals surface area contributed by atoms with Crippen molar-refractivity contribution in [2.24, 2.45) is 5.92 Å². The molecule has 0 saturated carbocycles. The molecule has 0 aliphatic rings. The second-order valence-corrected chi connectivity index (χ2v) is 5.25. The maximum absolute atomic E-state index is 11.7. The van der Waals surface area contributed by atoms with Gasteiger partial charge in [0.25, 0.3) is 0 Å². The minimum Gasteiger partial charge on any atom is -0.299 e. The van der Waals surface area contributed by atoms with Gasteiger partial charge in [0.05, 0.1) is 0 Å². The van der Waals surface area contributed by atoms with Gasteiger partial charge in [0.2, 0.25) is 0 Å². The molecule has 1 aromatic carbocycles. The van der Waals surface area contributed by atoms with E-state index in [4.69, 9.17) is 0 Å². The number of halogens is 1. The van der Waals surface area contributed by atoms with Crippen molar-refractivity contribution >= 4 is 27.3 Å². The first-order chi connectivity index (χ1) is 8.06. The van der Waals surface area contributed by atoms with Gasteiger partial charge in [-0.15, -0.1) is 0 Å². The van der Waals surface area contributed by atoms with E-state index in [9.17, 15) is 4.79 Å². The minimum absolute atomic E-state index is 0.0314. The van der Waals surface area contributed by atoms with Gasteiger partial charge >= 0.3 is 0 Å². The van der Waals surface area contributed by atoms with Gasteiger partial charge in [-0.3, -0.25) is 4.79 Å². The van der Waals surface area contributed by atoms with Crippen LogP contribution in [0.15, 0.2) is 35.3 Å². The van der Waals surface area contributed by atoms with Crippen LogP contribution in [0.25, 0.3) is 5.57 Å². The second-order valence-electron chi connectivity index (χ2n) is 4.34. The lowest BCUT2D eigenvalue weighted by Gasteiger charge is -2.16. The summed E-state index contributed by atoms with van der Waals surface area (Å²) >= 11 is 3.41. The summed E-state index contributed by atoms with van der Waals surface area (Å²) in [4.78, 5) is 11.7. The van der Waals surface area contributed by atoms with E-state index in [0.717, 1.165) is 34.9 Å². The summed E-state index contributed by atoms with van der Waals surface area (Å²) in [6, 6.07) is 7.98. The molecule has 1 rings (SSSR count). The van der Waals surface area contributed by atoms with Gasteiger partial charge in [-0.05, 0) is 36.6 Å². The maximum atomic E-state index is 11.7. The highest BCUT2D eigenvalue weighted by Gasteiger charge is 2.18. The SMILES string of the molecule is C=C(c1ccc(Br)cc1)C(CCCC)C(C)=O. The summed E-state index contributed by atoms with van der Waals surface area (Å²) < 4.78 is 1.04. The normalized spacial score (nSPS) is 12.2. The molecular weight excluding hydrogens is 276 g/mol. The molecule has 0 amide bonds. The molecule has 0 N–H and O–H groups in total. The summed E-state index contributed by atoms with van der Waals surface area (Å²) in [6.07, 6.45) is 3.08. The summed E-state index contributed by atoms with van der Waals surface area (Å²) in [5, 5.41) is 0. The molecule has 0 radical (unpaired) electrons. The molecule has 0 aromatic heterocycles. The molecule has 0 saturated heterocycles. The summed E-state index contributed by atoms with van der Waals surface area (Å²) in [5.74, 6) is 0.183. The molecule has 1 aromatic rings. The average Bonchev–Trinajstić information content (AvgIpc) is 2.29. The number of hydrogen-bond acceptors (Lipinski definition) is 1. The first-order valence-corrected chi connectivity index (χ1v) is 6.80. The fourth-order valence-electron chi connectivity index (χ4n) is 1.90. The Hall–Kier alpha value is -0.890. The number of benzene rings is 1. The van der Waals surface area contributed by atoms with Gasteiger partial charge in [0.1, 0.15) is 5.78 Å². The van der Waals surface area contributed by atoms with E-state index in [0.29, 0.717) is 0 Å². The molecule has 0 spiro atoms. The van der Waals surface area contributed by atoms with Crippen LogP contribution in [0.3, 0.4) is 0 Å². The first kappa shape index (κ1) is 14.2. The number of unbranched alkanes of at least 4 members (excludes halogenated alkanes) is 1. The van der Waals surface area contributed by atoms with E-state index in [1.807, 2.05) is 24.3 Å². The largest absolute Gasteiger partial charge is 0.299 e. The predicted molar refractivity (Wildman–Crippen MR) is 76.9 cm³/mol. The third-order valence-electron chi connectivity index (χ3n) is 2.97. The van der Waals surface area contributed by atoms with Crippen molar-refractivity contribution in [2.75, 3.05) is 0 Å². The number of rotatable bonds is 6. The molecule has 0 aliphatic heterocycles. The van der Waals surface area contributed by atoms with E-state index in [1.54, 1.807) is 6.92 Å². The highest BCUT2D eigenvalue weighted by atomic mass is 79.9. The number of hydrogen-bond donors (Lipinski definition) is 0. The van der Waals surface area contributed by atoms with Gasteiger partial charge < -0.3 is 0 Å². The van der Waals surface area contributed by atoms with Gasteiger partial charge in [-0.1, -0.05) is 54.4 Å². The van der Waals surface area contributed by atoms with Crippen LogP contribution in [-0.4, -0.2) is 5.78 Å². The Morgan fingerprint density at radius 3 is 2.41 bits per heavy atom. The first-order valence-electron chi connectivity index (χ1n) is 6.01. The van der Waals surface area contributed by atoms with Gasteiger partial charge in [0.15, 0.2) is 0 Å². The molecule has 0 heterocycles. The van der Waals surface area contributed by atoms with Gasteiger partial charge in [-0.25, -0.2) is 0 Å². The molecule has 17 heavy (non-hydrogen) atoms. The van der Waals surface area contributed by atoms with Crippen molar-refractivity contribution in [2.45, 2.75) is 33.1 Å². The van der Waals surface area contributed by atoms with Crippen LogP contribution in [0, 0.1) is 5.92 Å². The van der Waals surface area contributed by atoms with Crippen LogP contribution < -0.4 is 0 Å². The summed E-state index contributed by atoms with van der Waals surface area (Å²) in [6.45, 7) is 7.89. The molecule has 0 aliphatic carbocycles. The standard InChI is InChI=1S/C15H19BrO/c1-4-5-6-15(12(3)17)11(2)13-7-9-14(16)10-8-13/h7-10,15H,2,4-6H2,1,3H3. The average molecular weight is 295 g/mol. The highest BCUT2D eigenvalue weighted by molar-refractivity contribution is 9.10. The van der Waals surface area contributed by atoms with E-state index in [2.05, 4.69) is 29.4 Å². The zero-order chi connectivity index (χ0) is 12.8. The summed E-state index contributed by atoms with van der Waals surface area (Å²) in [7, 11) is 0. The lowest BCUT2D eigenvalue weighted by Crippen LogP contribution is -2.12. The zero-order valence-corrected chi connectivity index (χ0v) is 12.1. The highest BCUT2D eigenvalue weighted by Crippen LogP contribution is 2.27. The Labute approximate surface area is 112 Å². The van der Waals surface area contributed by atoms with E-state index in [1.165, 1.54) is 0 Å². The molecule has 1 nitrogen and oxygen atoms in total. The van der Waals surface area contributed by atoms with Crippen molar-refractivity contribution in [3.63, 3.8) is 0 Å². The van der Waals surface area contributed by atoms with Crippen LogP contribution in [-0.2, 0) is 4.79 Å². The maximum Gasteiger partial charge on any atom is 0.137 e. The minimum atomic E-state index is -0.0314. The van der Waals surface area contributed by atoms with Crippen molar-refractivity contribution in [3.05, 3.63) is 40.9 Å². The van der Waals surface area contributed by atoms with Crippen molar-refractivity contribution in [3.8, 4) is 0 Å². The van der Waals surface area contributed by atoms with Gasteiger partial charge in [-0.2, -0.15) is 0 Å². The van der Waals surface area contributed by atoms with Crippen LogP contribution in [0.2, 0.25) is 0 Å². The van der Waals surface area contributed by atoms with Crippen LogP contribution in [0.1, 0.15) is 38.7 Å². The van der Waals surface area contributed by atoms with E-state index >= 15 is 0 Å². The molecule has 1 unspecified atom stereocenters. The molecule has 1 atom stereocenters. The predicted octanol–water partition coefficient (Wildman–Crippen LogP) is 4.86. The Morgan fingerprint density at radius 2 is 1.94 bits per heavy atom. The fraction of sp³-hybridized carbons (Fsp3) is 0.400. The lowest BCUT2D eigenvalue weighted by atomic mass is 9.87. The Morgan fingerprint density at radius 1 is 1.35 bits per heavy atom. The molecule has 0 bridgehead atoms. The quantitative estimate of drug-likeness (QED) is 0.732. The third-order valence-corrected chi connectivity index (χ3v) is 3.50. The van der Waals surface area contributed by atoms with Gasteiger partial charge in [0, 0.05) is 10.4 Å². The lowest BCUT2D eigenvalue weighted by molar-refractivity contribution is -0.119. The third kappa shape index (κ3) is 4.12. The summed E-state index contributed by atoms with van der Waals surface area (Å²) in [5.41, 5.74) is 2.00. The Bertz CT molecular complexity index is 392. The van der Waals surface area contributed by atoms with E-state index < -0.39 is 0 Å². The second kappa shape index (κ2) is 6.75. The smallest absolute Gasteiger partial charge is 0.137 e. The van der Waals surface area contributed by atoms with Crippen LogP contribution >= 0.6 is 15.9 Å². The Balaban J connectivity index is 2.84. The number of carbonyl (C=O) groups is 1. The molecule has 92 valence electrons. The van der Waals surface area contributed by atoms with Crippen molar-refractivity contribution in [1.82, 2.24) is 0 Å². The molecule has 0 fully saturated rings. The van der Waals surface area contributed by atoms with Crippen LogP contribution in [0.4, 0.5) is 0 Å². The van der Waals surface area contributed by atoms with Crippen molar-refractivity contribution < 1.29 is 4.79 Å². The molecule has 2 heteroatoms.